The van der Waals surface area contributed by atoms with Crippen LogP contribution in [0.15, 0.2) is 29.6 Å². The Hall–Kier alpha value is -2.38. The molecule has 3 rings (SSSR count). The number of hydrogen-bond acceptors (Lipinski definition) is 5. The fraction of sp³-hybridized carbons (Fsp3) is 0.400. The highest BCUT2D eigenvalue weighted by molar-refractivity contribution is 7.15. The molecule has 7 heteroatoms. The van der Waals surface area contributed by atoms with Crippen LogP contribution in [-0.2, 0) is 10.2 Å². The lowest BCUT2D eigenvalue weighted by Gasteiger charge is -2.40. The van der Waals surface area contributed by atoms with E-state index in [1.165, 1.54) is 11.3 Å². The Bertz CT molecular complexity index is 846. The fourth-order valence-electron chi connectivity index (χ4n) is 3.01. The van der Waals surface area contributed by atoms with Gasteiger partial charge in [0, 0.05) is 31.5 Å². The number of rotatable bonds is 5. The summed E-state index contributed by atoms with van der Waals surface area (Å²) in [5.41, 5.74) is 2.10. The summed E-state index contributed by atoms with van der Waals surface area (Å²) in [6, 6.07) is 7.30. The van der Waals surface area contributed by atoms with Gasteiger partial charge in [0.25, 0.3) is 5.91 Å². The van der Waals surface area contributed by atoms with E-state index in [1.54, 1.807) is 24.6 Å². The van der Waals surface area contributed by atoms with Gasteiger partial charge >= 0.3 is 5.97 Å². The zero-order valence-corrected chi connectivity index (χ0v) is 16.7. The molecule has 1 saturated heterocycles. The van der Waals surface area contributed by atoms with Gasteiger partial charge in [0.05, 0.1) is 11.7 Å². The number of hydrogen-bond donors (Lipinski definition) is 2. The number of ether oxygens (including phenoxy) is 1. The van der Waals surface area contributed by atoms with Crippen molar-refractivity contribution < 1.29 is 19.4 Å². The summed E-state index contributed by atoms with van der Waals surface area (Å²) in [5.74, 6) is -1.35. The molecule has 1 aliphatic rings. The van der Waals surface area contributed by atoms with Gasteiger partial charge in [-0.05, 0) is 40.6 Å². The average molecular weight is 388 g/mol. The molecular weight excluding hydrogens is 364 g/mol. The molecule has 0 spiro atoms. The maximum atomic E-state index is 12.6. The highest BCUT2D eigenvalue weighted by atomic mass is 32.1. The van der Waals surface area contributed by atoms with Gasteiger partial charge in [0.2, 0.25) is 0 Å². The second-order valence-corrected chi connectivity index (χ2v) is 8.55. The molecule has 144 valence electrons. The van der Waals surface area contributed by atoms with Crippen LogP contribution in [-0.4, -0.2) is 43.3 Å². The quantitative estimate of drug-likeness (QED) is 0.814. The minimum Gasteiger partial charge on any atom is -0.478 e. The van der Waals surface area contributed by atoms with Crippen LogP contribution in [0.25, 0.3) is 0 Å². The van der Waals surface area contributed by atoms with E-state index in [2.05, 4.69) is 10.2 Å². The number of nitrogens with one attached hydrogen (secondary N) is 1. The zero-order chi connectivity index (χ0) is 19.8. The first-order valence-electron chi connectivity index (χ1n) is 8.75. The Morgan fingerprint density at radius 3 is 2.37 bits per heavy atom. The van der Waals surface area contributed by atoms with E-state index in [-0.39, 0.29) is 23.0 Å². The van der Waals surface area contributed by atoms with Crippen LogP contribution in [0.1, 0.15) is 47.1 Å². The van der Waals surface area contributed by atoms with E-state index in [0.717, 1.165) is 24.3 Å². The number of anilines is 2. The van der Waals surface area contributed by atoms with Gasteiger partial charge < -0.3 is 20.1 Å². The summed E-state index contributed by atoms with van der Waals surface area (Å²) in [7, 11) is 1.70. The van der Waals surface area contributed by atoms with Crippen molar-refractivity contribution in [2.75, 3.05) is 30.4 Å². The number of amides is 1. The molecule has 1 aromatic carbocycles. The van der Waals surface area contributed by atoms with Crippen LogP contribution in [0.3, 0.4) is 0 Å². The van der Waals surface area contributed by atoms with Crippen LogP contribution in [0.4, 0.5) is 10.7 Å². The first kappa shape index (κ1) is 19.4. The van der Waals surface area contributed by atoms with Gasteiger partial charge in [-0.15, -0.1) is 11.3 Å². The standard InChI is InChI=1S/C20H24N2O4S/c1-20(2,3)15-11-27-18(16(15)19(24)25)21-17(23)12-5-7-13(8-6-12)22-9-14(10-22)26-4/h5-8,11,14H,9-10H2,1-4H3,(H,21,23)(H,24,25). The predicted molar refractivity (Wildman–Crippen MR) is 107 cm³/mol. The van der Waals surface area contributed by atoms with Gasteiger partial charge in [-0.25, -0.2) is 4.79 Å². The first-order chi connectivity index (χ1) is 12.7. The van der Waals surface area contributed by atoms with Gasteiger partial charge in [0.15, 0.2) is 0 Å². The van der Waals surface area contributed by atoms with Crippen molar-refractivity contribution in [2.45, 2.75) is 32.3 Å². The van der Waals surface area contributed by atoms with Crippen molar-refractivity contribution in [3.8, 4) is 0 Å². The number of benzene rings is 1. The molecule has 1 aromatic heterocycles. The average Bonchev–Trinajstić information content (AvgIpc) is 2.98. The van der Waals surface area contributed by atoms with Gasteiger partial charge in [-0.3, -0.25) is 4.79 Å². The zero-order valence-electron chi connectivity index (χ0n) is 15.9. The number of carbonyl (C=O) groups excluding carboxylic acids is 1. The van der Waals surface area contributed by atoms with Crippen molar-refractivity contribution in [3.05, 3.63) is 46.3 Å². The van der Waals surface area contributed by atoms with E-state index in [1.807, 2.05) is 32.9 Å². The van der Waals surface area contributed by atoms with Crippen molar-refractivity contribution in [2.24, 2.45) is 0 Å². The molecule has 0 aliphatic carbocycles. The molecule has 1 amide bonds. The number of nitrogens with zero attached hydrogens (tertiary/aromatic N) is 1. The summed E-state index contributed by atoms with van der Waals surface area (Å²) in [4.78, 5) is 26.5. The maximum absolute atomic E-state index is 12.6. The molecule has 27 heavy (non-hydrogen) atoms. The maximum Gasteiger partial charge on any atom is 0.339 e. The lowest BCUT2D eigenvalue weighted by molar-refractivity contribution is 0.0696. The van der Waals surface area contributed by atoms with Crippen LogP contribution in [0.5, 0.6) is 0 Å². The molecule has 0 bridgehead atoms. The molecule has 1 aliphatic heterocycles. The smallest absolute Gasteiger partial charge is 0.339 e. The van der Waals surface area contributed by atoms with Crippen LogP contribution >= 0.6 is 11.3 Å². The summed E-state index contributed by atoms with van der Waals surface area (Å²) in [5, 5.41) is 14.5. The topological polar surface area (TPSA) is 78.9 Å². The van der Waals surface area contributed by atoms with E-state index in [9.17, 15) is 14.7 Å². The summed E-state index contributed by atoms with van der Waals surface area (Å²) in [6.45, 7) is 7.55. The fourth-order valence-corrected chi connectivity index (χ4v) is 4.18. The number of carboxylic acids is 1. The minimum absolute atomic E-state index is 0.170. The molecule has 0 atom stereocenters. The van der Waals surface area contributed by atoms with Crippen molar-refractivity contribution in [1.29, 1.82) is 0 Å². The Balaban J connectivity index is 1.74. The summed E-state index contributed by atoms with van der Waals surface area (Å²) >= 11 is 1.24. The highest BCUT2D eigenvalue weighted by Crippen LogP contribution is 2.36. The van der Waals surface area contributed by atoms with Crippen molar-refractivity contribution >= 4 is 33.9 Å². The number of carbonyl (C=O) groups is 2. The van der Waals surface area contributed by atoms with E-state index >= 15 is 0 Å². The van der Waals surface area contributed by atoms with Crippen LogP contribution < -0.4 is 10.2 Å². The van der Waals surface area contributed by atoms with E-state index in [0.29, 0.717) is 10.6 Å². The summed E-state index contributed by atoms with van der Waals surface area (Å²) in [6.07, 6.45) is 0.262. The number of methoxy groups -OCH3 is 1. The summed E-state index contributed by atoms with van der Waals surface area (Å²) < 4.78 is 5.27. The molecule has 2 heterocycles. The molecule has 2 aromatic rings. The third-order valence-electron chi connectivity index (χ3n) is 4.72. The largest absolute Gasteiger partial charge is 0.478 e. The molecule has 0 saturated carbocycles. The Labute approximate surface area is 162 Å². The van der Waals surface area contributed by atoms with E-state index < -0.39 is 5.97 Å². The second-order valence-electron chi connectivity index (χ2n) is 7.67. The number of thiophene rings is 1. The first-order valence-corrected chi connectivity index (χ1v) is 9.63. The molecule has 0 radical (unpaired) electrons. The molecule has 0 unspecified atom stereocenters. The van der Waals surface area contributed by atoms with Gasteiger partial charge in [-0.1, -0.05) is 20.8 Å². The normalized spacial score (nSPS) is 14.7. The van der Waals surface area contributed by atoms with Crippen LogP contribution in [0.2, 0.25) is 0 Å². The van der Waals surface area contributed by atoms with Gasteiger partial charge in [0.1, 0.15) is 5.00 Å². The third kappa shape index (κ3) is 3.99. The molecule has 1 fully saturated rings. The third-order valence-corrected chi connectivity index (χ3v) is 5.61. The lowest BCUT2D eigenvalue weighted by Crippen LogP contribution is -2.51. The molecule has 2 N–H and O–H groups in total. The van der Waals surface area contributed by atoms with E-state index in [4.69, 9.17) is 4.74 Å². The number of carboxylic acid groups (broad SMARTS) is 1. The van der Waals surface area contributed by atoms with Crippen LogP contribution in [0, 0.1) is 0 Å². The highest BCUT2D eigenvalue weighted by Gasteiger charge is 2.28. The predicted octanol–water partition coefficient (Wildman–Crippen LogP) is 3.83. The Morgan fingerprint density at radius 1 is 1.22 bits per heavy atom. The minimum atomic E-state index is -1.03. The van der Waals surface area contributed by atoms with Crippen molar-refractivity contribution in [3.63, 3.8) is 0 Å². The van der Waals surface area contributed by atoms with Gasteiger partial charge in [-0.2, -0.15) is 0 Å². The SMILES string of the molecule is COC1CN(c2ccc(C(=O)Nc3scc(C(C)(C)C)c3C(=O)O)cc2)C1. The molecular formula is C20H24N2O4S. The van der Waals surface area contributed by atoms with Crippen molar-refractivity contribution in [1.82, 2.24) is 0 Å². The molecule has 6 nitrogen and oxygen atoms in total. The Morgan fingerprint density at radius 2 is 1.85 bits per heavy atom. The Kier molecular flexibility index (Phi) is 5.26. The number of aromatic carboxylic acids is 1. The lowest BCUT2D eigenvalue weighted by atomic mass is 9.86. The monoisotopic (exact) mass is 388 g/mol. The second kappa shape index (κ2) is 7.32.